The summed E-state index contributed by atoms with van der Waals surface area (Å²) in [6, 6.07) is 3.28. The topological polar surface area (TPSA) is 44.1 Å². The lowest BCUT2D eigenvalue weighted by molar-refractivity contribution is 0.0544. The fourth-order valence-electron chi connectivity index (χ4n) is 1.54. The highest BCUT2D eigenvalue weighted by molar-refractivity contribution is 6.36. The number of pyridine rings is 1. The molecule has 0 bridgehead atoms. The van der Waals surface area contributed by atoms with Gasteiger partial charge in [0.05, 0.1) is 5.52 Å². The van der Waals surface area contributed by atoms with Crippen LogP contribution in [0.2, 0.25) is 10.3 Å². The maximum absolute atomic E-state index is 12.0. The molecule has 0 N–H and O–H groups in total. The minimum Gasteiger partial charge on any atom is -0.443 e. The van der Waals surface area contributed by atoms with Crippen LogP contribution in [-0.4, -0.2) is 21.2 Å². The zero-order valence-electron chi connectivity index (χ0n) is 10.2. The molecule has 2 heterocycles. The predicted octanol–water partition coefficient (Wildman–Crippen LogP) is 4.13. The summed E-state index contributed by atoms with van der Waals surface area (Å²) in [5.41, 5.74) is 0.0168. The molecule has 0 saturated carbocycles. The lowest BCUT2D eigenvalue weighted by Gasteiger charge is -2.19. The third-order valence-corrected chi connectivity index (χ3v) is 2.68. The van der Waals surface area contributed by atoms with Gasteiger partial charge in [-0.3, -0.25) is 4.57 Å². The van der Waals surface area contributed by atoms with Crippen LogP contribution in [0, 0.1) is 0 Å². The first-order valence-corrected chi connectivity index (χ1v) is 6.10. The lowest BCUT2D eigenvalue weighted by atomic mass is 10.2. The minimum absolute atomic E-state index is 0.232. The molecule has 0 radical (unpaired) electrons. The van der Waals surface area contributed by atoms with E-state index in [9.17, 15) is 4.79 Å². The lowest BCUT2D eigenvalue weighted by Crippen LogP contribution is -2.26. The molecule has 18 heavy (non-hydrogen) atoms. The Morgan fingerprint density at radius 1 is 1.39 bits per heavy atom. The van der Waals surface area contributed by atoms with Gasteiger partial charge >= 0.3 is 6.09 Å². The molecule has 4 nitrogen and oxygen atoms in total. The summed E-state index contributed by atoms with van der Waals surface area (Å²) in [6.07, 6.45) is 1.11. The van der Waals surface area contributed by atoms with Crippen molar-refractivity contribution >= 4 is 40.2 Å². The second kappa shape index (κ2) is 4.44. The number of ether oxygens (including phenoxy) is 1. The first-order chi connectivity index (χ1) is 8.28. The van der Waals surface area contributed by atoms with Crippen LogP contribution in [0.3, 0.4) is 0 Å². The number of nitrogens with zero attached hydrogens (tertiary/aromatic N) is 2. The third kappa shape index (κ3) is 2.60. The second-order valence-electron chi connectivity index (χ2n) is 4.83. The van der Waals surface area contributed by atoms with Crippen LogP contribution in [0.5, 0.6) is 0 Å². The Morgan fingerprint density at radius 2 is 2.06 bits per heavy atom. The Labute approximate surface area is 114 Å². The molecule has 0 aliphatic rings. The quantitative estimate of drug-likeness (QED) is 0.684. The van der Waals surface area contributed by atoms with Gasteiger partial charge in [-0.05, 0) is 26.8 Å². The molecule has 2 aromatic rings. The van der Waals surface area contributed by atoms with Gasteiger partial charge in [0.1, 0.15) is 15.9 Å². The van der Waals surface area contributed by atoms with E-state index in [0.29, 0.717) is 10.9 Å². The molecular formula is C12H12Cl2N2O2. The van der Waals surface area contributed by atoms with Crippen molar-refractivity contribution in [1.82, 2.24) is 9.55 Å². The van der Waals surface area contributed by atoms with E-state index in [1.54, 1.807) is 39.1 Å². The zero-order chi connectivity index (χ0) is 13.5. The van der Waals surface area contributed by atoms with Crippen LogP contribution in [0.1, 0.15) is 20.8 Å². The fraction of sp³-hybridized carbons (Fsp3) is 0.333. The van der Waals surface area contributed by atoms with Gasteiger partial charge in [0.15, 0.2) is 0 Å². The summed E-state index contributed by atoms with van der Waals surface area (Å²) in [6.45, 7) is 5.41. The number of halogens is 2. The molecular weight excluding hydrogens is 275 g/mol. The average molecular weight is 287 g/mol. The van der Waals surface area contributed by atoms with E-state index in [2.05, 4.69) is 4.98 Å². The van der Waals surface area contributed by atoms with Gasteiger partial charge < -0.3 is 4.74 Å². The van der Waals surface area contributed by atoms with Gasteiger partial charge in [0, 0.05) is 17.6 Å². The average Bonchev–Trinajstić information content (AvgIpc) is 2.58. The van der Waals surface area contributed by atoms with Crippen LogP contribution in [0.25, 0.3) is 10.9 Å². The van der Waals surface area contributed by atoms with Gasteiger partial charge in [0.2, 0.25) is 0 Å². The van der Waals surface area contributed by atoms with Crippen LogP contribution in [0.4, 0.5) is 4.79 Å². The molecule has 0 saturated heterocycles. The maximum atomic E-state index is 12.0. The minimum atomic E-state index is -0.561. The number of aromatic nitrogens is 2. The Bertz CT molecular complexity index is 614. The number of hydrogen-bond acceptors (Lipinski definition) is 3. The van der Waals surface area contributed by atoms with Crippen molar-refractivity contribution in [2.75, 3.05) is 0 Å². The summed E-state index contributed by atoms with van der Waals surface area (Å²) in [4.78, 5) is 15.9. The van der Waals surface area contributed by atoms with Crippen molar-refractivity contribution in [1.29, 1.82) is 0 Å². The molecule has 0 amide bonds. The predicted molar refractivity (Wildman–Crippen MR) is 71.4 cm³/mol. The summed E-state index contributed by atoms with van der Waals surface area (Å²) in [5, 5.41) is 1.16. The maximum Gasteiger partial charge on any atom is 0.418 e. The highest BCUT2D eigenvalue weighted by Gasteiger charge is 2.19. The van der Waals surface area contributed by atoms with Crippen LogP contribution in [-0.2, 0) is 4.74 Å². The van der Waals surface area contributed by atoms with E-state index in [0.717, 1.165) is 0 Å². The monoisotopic (exact) mass is 286 g/mol. The SMILES string of the molecule is CC(C)(C)OC(=O)n1ccc2c(Cl)nc(Cl)cc21. The molecule has 96 valence electrons. The van der Waals surface area contributed by atoms with Gasteiger partial charge in [-0.2, -0.15) is 0 Å². The van der Waals surface area contributed by atoms with Crippen molar-refractivity contribution in [3.63, 3.8) is 0 Å². The van der Waals surface area contributed by atoms with E-state index < -0.39 is 11.7 Å². The standard InChI is InChI=1S/C12H12Cl2N2O2/c1-12(2,3)18-11(17)16-5-4-7-8(16)6-9(13)15-10(7)14/h4-6H,1-3H3. The Kier molecular flexibility index (Phi) is 3.25. The zero-order valence-corrected chi connectivity index (χ0v) is 11.7. The van der Waals surface area contributed by atoms with Crippen LogP contribution >= 0.6 is 23.2 Å². The van der Waals surface area contributed by atoms with E-state index in [4.69, 9.17) is 27.9 Å². The fourth-order valence-corrected chi connectivity index (χ4v) is 2.02. The molecule has 2 aromatic heterocycles. The number of hydrogen-bond donors (Lipinski definition) is 0. The molecule has 2 rings (SSSR count). The normalized spacial score (nSPS) is 11.8. The Hall–Kier alpha value is -1.26. The van der Waals surface area contributed by atoms with Gasteiger partial charge in [-0.1, -0.05) is 23.2 Å². The third-order valence-electron chi connectivity index (χ3n) is 2.20. The van der Waals surface area contributed by atoms with E-state index in [1.807, 2.05) is 0 Å². The molecule has 0 spiro atoms. The number of carbonyl (C=O) groups excluding carboxylic acids is 1. The van der Waals surface area contributed by atoms with Crippen LogP contribution in [0.15, 0.2) is 18.3 Å². The largest absolute Gasteiger partial charge is 0.443 e. The summed E-state index contributed by atoms with van der Waals surface area (Å²) in [7, 11) is 0. The van der Waals surface area contributed by atoms with Gasteiger partial charge in [-0.15, -0.1) is 0 Å². The van der Waals surface area contributed by atoms with Crippen molar-refractivity contribution < 1.29 is 9.53 Å². The number of rotatable bonds is 0. The highest BCUT2D eigenvalue weighted by Crippen LogP contribution is 2.26. The van der Waals surface area contributed by atoms with Crippen molar-refractivity contribution in [2.45, 2.75) is 26.4 Å². The first-order valence-electron chi connectivity index (χ1n) is 5.34. The molecule has 0 aliphatic heterocycles. The van der Waals surface area contributed by atoms with Crippen LogP contribution < -0.4 is 0 Å². The van der Waals surface area contributed by atoms with Gasteiger partial charge in [-0.25, -0.2) is 9.78 Å². The summed E-state index contributed by atoms with van der Waals surface area (Å²) in [5.74, 6) is 0. The molecule has 0 atom stereocenters. The smallest absolute Gasteiger partial charge is 0.418 e. The second-order valence-corrected chi connectivity index (χ2v) is 5.58. The van der Waals surface area contributed by atoms with Crippen molar-refractivity contribution in [3.8, 4) is 0 Å². The van der Waals surface area contributed by atoms with E-state index in [-0.39, 0.29) is 10.3 Å². The summed E-state index contributed by atoms with van der Waals surface area (Å²) < 4.78 is 6.65. The highest BCUT2D eigenvalue weighted by atomic mass is 35.5. The molecule has 0 aliphatic carbocycles. The number of fused-ring (bicyclic) bond motifs is 1. The van der Waals surface area contributed by atoms with Gasteiger partial charge in [0.25, 0.3) is 0 Å². The molecule has 0 aromatic carbocycles. The van der Waals surface area contributed by atoms with E-state index in [1.165, 1.54) is 4.57 Å². The van der Waals surface area contributed by atoms with E-state index >= 15 is 0 Å². The Morgan fingerprint density at radius 3 is 2.67 bits per heavy atom. The Balaban J connectivity index is 2.49. The molecule has 0 fully saturated rings. The summed E-state index contributed by atoms with van der Waals surface area (Å²) >= 11 is 11.8. The van der Waals surface area contributed by atoms with Crippen molar-refractivity contribution in [3.05, 3.63) is 28.6 Å². The van der Waals surface area contributed by atoms with Crippen molar-refractivity contribution in [2.24, 2.45) is 0 Å². The first kappa shape index (κ1) is 13.2. The molecule has 6 heteroatoms. The number of carbonyl (C=O) groups is 1. The molecule has 0 unspecified atom stereocenters.